The Bertz CT molecular complexity index is 1220. The lowest BCUT2D eigenvalue weighted by atomic mass is 10.0. The summed E-state index contributed by atoms with van der Waals surface area (Å²) >= 11 is 0. The van der Waals surface area contributed by atoms with E-state index in [4.69, 9.17) is 0 Å². The first-order valence-corrected chi connectivity index (χ1v) is 10.7. The number of nitro benzene ring substituents is 1. The summed E-state index contributed by atoms with van der Waals surface area (Å²) in [5.74, 6) is -0.832. The summed E-state index contributed by atoms with van der Waals surface area (Å²) in [5, 5.41) is 14.2. The van der Waals surface area contributed by atoms with E-state index in [1.165, 1.54) is 29.2 Å². The quantitative estimate of drug-likeness (QED) is 0.314. The Morgan fingerprint density at radius 1 is 0.848 bits per heavy atom. The smallest absolute Gasteiger partial charge is 0.278 e. The van der Waals surface area contributed by atoms with E-state index in [1.807, 2.05) is 54.6 Å². The number of carbonyl (C=O) groups excluding carboxylic acids is 2. The van der Waals surface area contributed by atoms with Crippen LogP contribution in [-0.2, 0) is 22.4 Å². The maximum atomic E-state index is 13.3. The lowest BCUT2D eigenvalue weighted by Gasteiger charge is -2.15. The van der Waals surface area contributed by atoms with Gasteiger partial charge in [0.05, 0.1) is 10.5 Å². The van der Waals surface area contributed by atoms with Crippen LogP contribution in [0.4, 0.5) is 11.4 Å². The van der Waals surface area contributed by atoms with E-state index in [0.717, 1.165) is 17.5 Å². The molecule has 4 rings (SSSR count). The topological polar surface area (TPSA) is 92.6 Å². The van der Waals surface area contributed by atoms with Crippen molar-refractivity contribution in [1.82, 2.24) is 4.90 Å². The molecule has 0 aliphatic carbocycles. The molecule has 0 saturated heterocycles. The minimum Gasteiger partial charge on any atom is -0.350 e. The molecule has 7 nitrogen and oxygen atoms in total. The number of hydrogen-bond donors (Lipinski definition) is 1. The lowest BCUT2D eigenvalue weighted by molar-refractivity contribution is -0.384. The van der Waals surface area contributed by atoms with Crippen molar-refractivity contribution in [3.8, 4) is 0 Å². The molecule has 3 aromatic carbocycles. The van der Waals surface area contributed by atoms with Crippen LogP contribution in [0.15, 0.2) is 84.6 Å². The Hall–Kier alpha value is -4.26. The van der Waals surface area contributed by atoms with Gasteiger partial charge in [-0.3, -0.25) is 24.6 Å². The summed E-state index contributed by atoms with van der Waals surface area (Å²) in [7, 11) is 0. The first-order chi connectivity index (χ1) is 16.0. The van der Waals surface area contributed by atoms with Crippen LogP contribution in [0.1, 0.15) is 23.6 Å². The van der Waals surface area contributed by atoms with Crippen LogP contribution in [0.2, 0.25) is 0 Å². The zero-order valence-electron chi connectivity index (χ0n) is 18.2. The maximum Gasteiger partial charge on any atom is 0.278 e. The molecule has 2 amide bonds. The molecule has 0 fully saturated rings. The first kappa shape index (κ1) is 22.0. The van der Waals surface area contributed by atoms with Crippen LogP contribution < -0.4 is 5.32 Å². The van der Waals surface area contributed by atoms with Crippen molar-refractivity contribution in [2.24, 2.45) is 0 Å². The third-order valence-corrected chi connectivity index (χ3v) is 5.63. The minimum atomic E-state index is -0.500. The number of nitrogens with zero attached hydrogens (tertiary/aromatic N) is 2. The predicted octanol–water partition coefficient (Wildman–Crippen LogP) is 4.59. The molecule has 33 heavy (non-hydrogen) atoms. The number of non-ortho nitro benzene ring substituents is 1. The Labute approximate surface area is 191 Å². The molecular formula is C26H23N3O4. The highest BCUT2D eigenvalue weighted by Crippen LogP contribution is 2.31. The molecule has 7 heteroatoms. The Morgan fingerprint density at radius 3 is 2.12 bits per heavy atom. The number of nitro groups is 1. The number of anilines is 1. The van der Waals surface area contributed by atoms with Gasteiger partial charge >= 0.3 is 0 Å². The van der Waals surface area contributed by atoms with Gasteiger partial charge in [-0.05, 0) is 53.8 Å². The number of benzene rings is 3. The van der Waals surface area contributed by atoms with Crippen LogP contribution in [0.5, 0.6) is 0 Å². The van der Waals surface area contributed by atoms with Gasteiger partial charge in [-0.2, -0.15) is 0 Å². The zero-order valence-corrected chi connectivity index (χ0v) is 18.2. The highest BCUT2D eigenvalue weighted by atomic mass is 16.6. The average Bonchev–Trinajstić information content (AvgIpc) is 3.07. The van der Waals surface area contributed by atoms with E-state index in [1.54, 1.807) is 0 Å². The highest BCUT2D eigenvalue weighted by molar-refractivity contribution is 6.36. The van der Waals surface area contributed by atoms with Crippen molar-refractivity contribution in [2.75, 3.05) is 11.9 Å². The molecule has 166 valence electrons. The van der Waals surface area contributed by atoms with Gasteiger partial charge in [0.2, 0.25) is 0 Å². The molecular weight excluding hydrogens is 418 g/mol. The molecule has 0 atom stereocenters. The molecule has 1 N–H and O–H groups in total. The zero-order chi connectivity index (χ0) is 23.4. The van der Waals surface area contributed by atoms with Gasteiger partial charge in [0.1, 0.15) is 5.70 Å². The fourth-order valence-corrected chi connectivity index (χ4v) is 3.77. The van der Waals surface area contributed by atoms with Gasteiger partial charge in [-0.15, -0.1) is 0 Å². The molecule has 0 radical (unpaired) electrons. The third-order valence-electron chi connectivity index (χ3n) is 5.63. The van der Waals surface area contributed by atoms with Crippen molar-refractivity contribution >= 4 is 28.8 Å². The number of imide groups is 1. The molecule has 1 heterocycles. The summed E-state index contributed by atoms with van der Waals surface area (Å²) < 4.78 is 0. The van der Waals surface area contributed by atoms with E-state index in [0.29, 0.717) is 17.7 Å². The van der Waals surface area contributed by atoms with Gasteiger partial charge < -0.3 is 5.32 Å². The highest BCUT2D eigenvalue weighted by Gasteiger charge is 2.39. The van der Waals surface area contributed by atoms with Crippen molar-refractivity contribution < 1.29 is 14.5 Å². The van der Waals surface area contributed by atoms with Gasteiger partial charge in [0, 0.05) is 24.4 Å². The Morgan fingerprint density at radius 2 is 1.52 bits per heavy atom. The molecule has 0 bridgehead atoms. The molecule has 0 spiro atoms. The van der Waals surface area contributed by atoms with E-state index in [9.17, 15) is 19.7 Å². The fourth-order valence-electron chi connectivity index (χ4n) is 3.77. The van der Waals surface area contributed by atoms with Gasteiger partial charge in [0.15, 0.2) is 0 Å². The second kappa shape index (κ2) is 9.48. The van der Waals surface area contributed by atoms with Crippen molar-refractivity contribution in [2.45, 2.75) is 19.8 Å². The molecule has 3 aromatic rings. The first-order valence-electron chi connectivity index (χ1n) is 10.7. The van der Waals surface area contributed by atoms with Crippen LogP contribution in [0.25, 0.3) is 5.57 Å². The Kier molecular flexibility index (Phi) is 6.31. The van der Waals surface area contributed by atoms with Crippen molar-refractivity contribution in [1.29, 1.82) is 0 Å². The second-order valence-electron chi connectivity index (χ2n) is 7.73. The van der Waals surface area contributed by atoms with E-state index >= 15 is 0 Å². The molecule has 0 unspecified atom stereocenters. The third kappa shape index (κ3) is 4.67. The molecule has 1 aliphatic heterocycles. The molecule has 0 aromatic heterocycles. The summed E-state index contributed by atoms with van der Waals surface area (Å²) in [6, 6.07) is 23.0. The van der Waals surface area contributed by atoms with E-state index < -0.39 is 16.7 Å². The van der Waals surface area contributed by atoms with Gasteiger partial charge in [-0.25, -0.2) is 0 Å². The summed E-state index contributed by atoms with van der Waals surface area (Å²) in [6.07, 6.45) is 1.42. The number of carbonyl (C=O) groups is 2. The fraction of sp³-hybridized carbons (Fsp3) is 0.154. The van der Waals surface area contributed by atoms with Crippen molar-refractivity contribution in [3.63, 3.8) is 0 Å². The van der Waals surface area contributed by atoms with Gasteiger partial charge in [0.25, 0.3) is 17.5 Å². The number of hydrogen-bond acceptors (Lipinski definition) is 5. The van der Waals surface area contributed by atoms with Crippen LogP contribution in [0, 0.1) is 10.1 Å². The van der Waals surface area contributed by atoms with E-state index in [-0.39, 0.29) is 23.5 Å². The molecule has 0 saturated carbocycles. The average molecular weight is 441 g/mol. The summed E-state index contributed by atoms with van der Waals surface area (Å²) in [4.78, 5) is 38.4. The minimum absolute atomic E-state index is 0.0817. The number of nitrogens with one attached hydrogen (secondary N) is 1. The summed E-state index contributed by atoms with van der Waals surface area (Å²) in [6.45, 7) is 2.29. The monoisotopic (exact) mass is 441 g/mol. The number of amides is 2. The maximum absolute atomic E-state index is 13.3. The number of rotatable bonds is 8. The summed E-state index contributed by atoms with van der Waals surface area (Å²) in [5.41, 5.74) is 3.62. The van der Waals surface area contributed by atoms with Crippen LogP contribution in [-0.4, -0.2) is 28.2 Å². The van der Waals surface area contributed by atoms with E-state index in [2.05, 4.69) is 12.2 Å². The Balaban J connectivity index is 1.67. The largest absolute Gasteiger partial charge is 0.350 e. The normalized spacial score (nSPS) is 13.5. The molecule has 1 aliphatic rings. The lowest BCUT2D eigenvalue weighted by Crippen LogP contribution is -2.34. The van der Waals surface area contributed by atoms with Gasteiger partial charge in [-0.1, -0.05) is 49.4 Å². The standard InChI is InChI=1S/C26H23N3O4/c1-2-18-8-12-21(13-9-18)27-24-23(20-10-14-22(15-11-20)29(32)33)25(30)28(26(24)31)17-16-19-6-4-3-5-7-19/h3-15,27H,2,16-17H2,1H3. The number of aryl methyl sites for hydroxylation is 1. The van der Waals surface area contributed by atoms with Crippen molar-refractivity contribution in [3.05, 3.63) is 111 Å². The SMILES string of the molecule is CCc1ccc(NC2=C(c3ccc([N+](=O)[O-])cc3)C(=O)N(CCc3ccccc3)C2=O)cc1. The predicted molar refractivity (Wildman–Crippen MR) is 126 cm³/mol. The van der Waals surface area contributed by atoms with Crippen LogP contribution in [0.3, 0.4) is 0 Å². The van der Waals surface area contributed by atoms with Crippen LogP contribution >= 0.6 is 0 Å². The second-order valence-corrected chi connectivity index (χ2v) is 7.73.